The molecule has 0 unspecified atom stereocenters. The molecule has 0 atom stereocenters. The van der Waals surface area contributed by atoms with E-state index in [-0.39, 0.29) is 12.1 Å². The molecule has 1 amide bonds. The zero-order valence-electron chi connectivity index (χ0n) is 11.4. The minimum atomic E-state index is -0.511. The first-order chi connectivity index (χ1) is 10.1. The fourth-order valence-corrected chi connectivity index (χ4v) is 1.79. The maximum absolute atomic E-state index is 11.9. The van der Waals surface area contributed by atoms with Crippen LogP contribution in [0.5, 0.6) is 5.75 Å². The van der Waals surface area contributed by atoms with Gasteiger partial charge < -0.3 is 16.2 Å². The smallest absolute Gasteiger partial charge is 0.270 e. The lowest BCUT2D eigenvalue weighted by Crippen LogP contribution is -2.23. The third-order valence-corrected chi connectivity index (χ3v) is 2.77. The number of aromatic nitrogens is 2. The molecule has 110 valence electrons. The van der Waals surface area contributed by atoms with Gasteiger partial charge >= 0.3 is 0 Å². The number of amides is 1. The van der Waals surface area contributed by atoms with E-state index in [4.69, 9.17) is 16.2 Å². The maximum Gasteiger partial charge on any atom is 0.270 e. The summed E-state index contributed by atoms with van der Waals surface area (Å²) in [6, 6.07) is 8.10. The standard InChI is InChI=1S/C14H16N4O3/c15-4-5-21-12-7-13(19)18(17-8-12)9-10-2-1-3-11(6-10)14(16)20/h1-3,6-8H,4-5,9,15H2,(H2,16,20). The Morgan fingerprint density at radius 1 is 1.33 bits per heavy atom. The number of rotatable bonds is 6. The van der Waals surface area contributed by atoms with Gasteiger partial charge in [0.05, 0.1) is 12.7 Å². The van der Waals surface area contributed by atoms with Gasteiger partial charge in [0.1, 0.15) is 12.4 Å². The topological polar surface area (TPSA) is 113 Å². The van der Waals surface area contributed by atoms with Crippen molar-refractivity contribution in [1.29, 1.82) is 0 Å². The van der Waals surface area contributed by atoms with Gasteiger partial charge in [0.15, 0.2) is 0 Å². The molecule has 2 aromatic rings. The Morgan fingerprint density at radius 2 is 2.14 bits per heavy atom. The predicted molar refractivity (Wildman–Crippen MR) is 77.1 cm³/mol. The van der Waals surface area contributed by atoms with E-state index in [1.54, 1.807) is 24.3 Å². The molecule has 7 heteroatoms. The van der Waals surface area contributed by atoms with Crippen molar-refractivity contribution in [2.45, 2.75) is 6.54 Å². The van der Waals surface area contributed by atoms with E-state index in [2.05, 4.69) is 5.10 Å². The van der Waals surface area contributed by atoms with Crippen molar-refractivity contribution in [3.63, 3.8) is 0 Å². The van der Waals surface area contributed by atoms with Crippen LogP contribution < -0.4 is 21.8 Å². The van der Waals surface area contributed by atoms with Crippen LogP contribution in [-0.4, -0.2) is 28.8 Å². The van der Waals surface area contributed by atoms with Crippen LogP contribution >= 0.6 is 0 Å². The second-order valence-electron chi connectivity index (χ2n) is 4.39. The van der Waals surface area contributed by atoms with Crippen LogP contribution in [0.1, 0.15) is 15.9 Å². The van der Waals surface area contributed by atoms with Crippen LogP contribution in [0, 0.1) is 0 Å². The Hall–Kier alpha value is -2.67. The van der Waals surface area contributed by atoms with Crippen LogP contribution in [-0.2, 0) is 6.54 Å². The minimum Gasteiger partial charge on any atom is -0.490 e. The minimum absolute atomic E-state index is 0.247. The quantitative estimate of drug-likeness (QED) is 0.759. The van der Waals surface area contributed by atoms with Gasteiger partial charge in [-0.05, 0) is 17.7 Å². The van der Waals surface area contributed by atoms with Crippen LogP contribution in [0.3, 0.4) is 0 Å². The number of carbonyl (C=O) groups is 1. The van der Waals surface area contributed by atoms with Gasteiger partial charge in [0, 0.05) is 18.2 Å². The summed E-state index contributed by atoms with van der Waals surface area (Å²) in [4.78, 5) is 23.1. The van der Waals surface area contributed by atoms with Crippen LogP contribution in [0.2, 0.25) is 0 Å². The molecule has 0 saturated carbocycles. The number of nitrogens with zero attached hydrogens (tertiary/aromatic N) is 2. The molecule has 1 aromatic heterocycles. The number of ether oxygens (including phenoxy) is 1. The van der Waals surface area contributed by atoms with Gasteiger partial charge in [-0.15, -0.1) is 0 Å². The van der Waals surface area contributed by atoms with Gasteiger partial charge in [-0.1, -0.05) is 12.1 Å². The zero-order valence-corrected chi connectivity index (χ0v) is 11.4. The Kier molecular flexibility index (Phi) is 4.68. The van der Waals surface area contributed by atoms with Crippen molar-refractivity contribution in [3.05, 3.63) is 58.0 Å². The molecule has 1 aromatic carbocycles. The van der Waals surface area contributed by atoms with Gasteiger partial charge in [-0.25, -0.2) is 4.68 Å². The van der Waals surface area contributed by atoms with Crippen LogP contribution in [0.25, 0.3) is 0 Å². The summed E-state index contributed by atoms with van der Waals surface area (Å²) in [6.45, 7) is 0.936. The summed E-state index contributed by atoms with van der Waals surface area (Å²) < 4.78 is 6.50. The van der Waals surface area contributed by atoms with Crippen molar-refractivity contribution < 1.29 is 9.53 Å². The molecule has 0 saturated heterocycles. The summed E-state index contributed by atoms with van der Waals surface area (Å²) in [5.74, 6) is -0.129. The molecule has 0 spiro atoms. The molecule has 0 fully saturated rings. The third kappa shape index (κ3) is 3.90. The first kappa shape index (κ1) is 14.7. The van der Waals surface area contributed by atoms with E-state index in [1.807, 2.05) is 0 Å². The molecule has 7 nitrogen and oxygen atoms in total. The average molecular weight is 288 g/mol. The lowest BCUT2D eigenvalue weighted by Gasteiger charge is -2.07. The Morgan fingerprint density at radius 3 is 2.81 bits per heavy atom. The molecule has 0 aliphatic carbocycles. The monoisotopic (exact) mass is 288 g/mol. The largest absolute Gasteiger partial charge is 0.490 e. The second-order valence-corrected chi connectivity index (χ2v) is 4.39. The normalized spacial score (nSPS) is 10.3. The summed E-state index contributed by atoms with van der Waals surface area (Å²) in [5, 5.41) is 4.02. The molecule has 0 aliphatic heterocycles. The first-order valence-corrected chi connectivity index (χ1v) is 6.39. The number of primary amides is 1. The highest BCUT2D eigenvalue weighted by atomic mass is 16.5. The molecule has 4 N–H and O–H groups in total. The molecular formula is C14H16N4O3. The number of hydrogen-bond donors (Lipinski definition) is 2. The Balaban J connectivity index is 2.18. The van der Waals surface area contributed by atoms with Gasteiger partial charge in [-0.3, -0.25) is 9.59 Å². The van der Waals surface area contributed by atoms with Crippen molar-refractivity contribution in [1.82, 2.24) is 9.78 Å². The lowest BCUT2D eigenvalue weighted by atomic mass is 10.1. The van der Waals surface area contributed by atoms with Gasteiger partial charge in [-0.2, -0.15) is 5.10 Å². The van der Waals surface area contributed by atoms with E-state index in [0.717, 1.165) is 5.56 Å². The van der Waals surface area contributed by atoms with Gasteiger partial charge in [0.25, 0.3) is 5.56 Å². The maximum atomic E-state index is 11.9. The number of benzene rings is 1. The fourth-order valence-electron chi connectivity index (χ4n) is 1.79. The van der Waals surface area contributed by atoms with Crippen molar-refractivity contribution in [2.75, 3.05) is 13.2 Å². The lowest BCUT2D eigenvalue weighted by molar-refractivity contribution is 0.1000. The summed E-state index contributed by atoms with van der Waals surface area (Å²) in [6.07, 6.45) is 1.45. The number of hydrogen-bond acceptors (Lipinski definition) is 5. The Bertz CT molecular complexity index is 697. The summed E-state index contributed by atoms with van der Waals surface area (Å²) >= 11 is 0. The van der Waals surface area contributed by atoms with E-state index in [0.29, 0.717) is 24.5 Å². The van der Waals surface area contributed by atoms with E-state index < -0.39 is 5.91 Å². The average Bonchev–Trinajstić information content (AvgIpc) is 2.48. The van der Waals surface area contributed by atoms with Crippen molar-refractivity contribution in [3.8, 4) is 5.75 Å². The molecule has 0 aliphatic rings. The van der Waals surface area contributed by atoms with Crippen LogP contribution in [0.4, 0.5) is 0 Å². The highest BCUT2D eigenvalue weighted by Crippen LogP contribution is 2.07. The first-order valence-electron chi connectivity index (χ1n) is 6.39. The van der Waals surface area contributed by atoms with Crippen molar-refractivity contribution >= 4 is 5.91 Å². The molecule has 21 heavy (non-hydrogen) atoms. The molecule has 0 radical (unpaired) electrons. The van der Waals surface area contributed by atoms with Crippen molar-refractivity contribution in [2.24, 2.45) is 11.5 Å². The molecule has 0 bridgehead atoms. The SMILES string of the molecule is NCCOc1cnn(Cc2cccc(C(N)=O)c2)c(=O)c1. The number of carbonyl (C=O) groups excluding carboxylic acids is 1. The highest BCUT2D eigenvalue weighted by Gasteiger charge is 2.05. The highest BCUT2D eigenvalue weighted by molar-refractivity contribution is 5.92. The van der Waals surface area contributed by atoms with Crippen LogP contribution in [0.15, 0.2) is 41.3 Å². The molecular weight excluding hydrogens is 272 g/mol. The number of nitrogens with two attached hydrogens (primary N) is 2. The molecule has 2 rings (SSSR count). The fraction of sp³-hybridized carbons (Fsp3) is 0.214. The Labute approximate surface area is 121 Å². The predicted octanol–water partition coefficient (Wildman–Crippen LogP) is -0.272. The third-order valence-electron chi connectivity index (χ3n) is 2.77. The van der Waals surface area contributed by atoms with E-state index in [1.165, 1.54) is 16.9 Å². The summed E-state index contributed by atoms with van der Waals surface area (Å²) in [5.41, 5.74) is 11.4. The zero-order chi connectivity index (χ0) is 15.2. The van der Waals surface area contributed by atoms with E-state index >= 15 is 0 Å². The van der Waals surface area contributed by atoms with Gasteiger partial charge in [0.2, 0.25) is 5.91 Å². The molecule has 1 heterocycles. The van der Waals surface area contributed by atoms with E-state index in [9.17, 15) is 9.59 Å². The second kappa shape index (κ2) is 6.67. The summed E-state index contributed by atoms with van der Waals surface area (Å²) in [7, 11) is 0.